The van der Waals surface area contributed by atoms with Crippen LogP contribution in [-0.2, 0) is 28.6 Å². The molecule has 2 aliphatic rings. The summed E-state index contributed by atoms with van der Waals surface area (Å²) in [6.45, 7) is -2.03. The van der Waals surface area contributed by atoms with Crippen molar-refractivity contribution in [1.82, 2.24) is 0 Å². The first-order valence-electron chi connectivity index (χ1n) is 11.3. The number of aldehydes is 1. The van der Waals surface area contributed by atoms with Gasteiger partial charge in [-0.2, -0.15) is 0 Å². The summed E-state index contributed by atoms with van der Waals surface area (Å²) in [5.74, 6) is -3.25. The molecule has 13 atom stereocenters. The predicted molar refractivity (Wildman–Crippen MR) is 114 cm³/mol. The van der Waals surface area contributed by atoms with E-state index in [4.69, 9.17) is 39.7 Å². The molecule has 2 rings (SSSR count). The Balaban J connectivity index is -0.000000669. The summed E-state index contributed by atoms with van der Waals surface area (Å²) in [4.78, 5) is 28.3. The Morgan fingerprint density at radius 2 is 1.26 bits per heavy atom. The van der Waals surface area contributed by atoms with E-state index in [1.54, 1.807) is 0 Å². The quantitative estimate of drug-likeness (QED) is 0.0599. The SMILES string of the molecule is O=C([O-])CC(=O)[O-].O=C[C@H](O)[C@H](O)[C@H](O)CO.OC[C@H]1O[C@@H](O[C@H]2[C@H](O)[C@@H](O)C(O)O[C@@H]2CO)[C@H](O)[C@@H](O)[C@H]1O.[Na+].[Na+]. The fraction of sp³-hybridized carbons (Fsp3) is 0.850. The zero-order chi connectivity index (χ0) is 31.3. The maximum Gasteiger partial charge on any atom is 1.00 e. The molecule has 2 heterocycles. The Bertz CT molecular complexity index is 749. The van der Waals surface area contributed by atoms with Crippen LogP contribution in [-0.4, -0.2) is 179 Å². The molecule has 236 valence electrons. The van der Waals surface area contributed by atoms with Crippen LogP contribution >= 0.6 is 0 Å². The number of hydrogen-bond donors (Lipinski definition) is 12. The van der Waals surface area contributed by atoms with Crippen LogP contribution < -0.4 is 69.3 Å². The standard InChI is InChI=1S/C12H22O11.C5H10O5.C3H4O4.2Na/c13-1-3-5(15)6(16)9(19)12(22-3)23-10-4(2-14)21-11(20)8(18)7(10)17;6-1-3(8)5(10)4(9)2-7;4-2(5)1-3(6)7;;/h3-20H,1-2H2;1,3-5,7-10H,2H2;1H2,(H,4,5)(H,6,7);;/q;;;2*+1/p-2/t3-,4-,5+,6+,7-,8-,9-,10-,11?,12+;3-,4+,5-;;;/m10.../s1. The number of carboxylic acids is 2. The van der Waals surface area contributed by atoms with E-state index in [1.165, 1.54) is 0 Å². The minimum Gasteiger partial charge on any atom is -0.550 e. The largest absolute Gasteiger partial charge is 1.00 e. The molecule has 0 aliphatic carbocycles. The predicted octanol–water partition coefficient (Wildman–Crippen LogP) is -17.3. The van der Waals surface area contributed by atoms with E-state index in [0.717, 1.165) is 0 Å². The van der Waals surface area contributed by atoms with Gasteiger partial charge in [0.15, 0.2) is 18.9 Å². The van der Waals surface area contributed by atoms with Gasteiger partial charge in [-0.05, 0) is 0 Å². The molecule has 0 radical (unpaired) electrons. The maximum atomic E-state index is 9.94. The van der Waals surface area contributed by atoms with Crippen LogP contribution in [0, 0.1) is 0 Å². The van der Waals surface area contributed by atoms with E-state index in [-0.39, 0.29) is 65.4 Å². The molecule has 12 N–H and O–H groups in total. The molecule has 2 fully saturated rings. The van der Waals surface area contributed by atoms with Crippen molar-refractivity contribution in [1.29, 1.82) is 0 Å². The molecule has 0 aromatic rings. The van der Waals surface area contributed by atoms with Gasteiger partial charge in [-0.3, -0.25) is 0 Å². The van der Waals surface area contributed by atoms with Crippen LogP contribution in [0.3, 0.4) is 0 Å². The molecule has 0 bridgehead atoms. The number of carboxylic acid groups (broad SMARTS) is 2. The second-order valence-electron chi connectivity index (χ2n) is 8.31. The van der Waals surface area contributed by atoms with Crippen molar-refractivity contribution in [2.75, 3.05) is 19.8 Å². The average molecular weight is 640 g/mol. The molecule has 0 spiro atoms. The number of carbonyl (C=O) groups is 3. The Hall–Kier alpha value is 0.01000. The number of aliphatic hydroxyl groups excluding tert-OH is 12. The van der Waals surface area contributed by atoms with Crippen molar-refractivity contribution in [2.24, 2.45) is 0 Å². The van der Waals surface area contributed by atoms with Crippen molar-refractivity contribution in [3.8, 4) is 0 Å². The van der Waals surface area contributed by atoms with Crippen molar-refractivity contribution in [2.45, 2.75) is 86.1 Å². The molecule has 2 saturated heterocycles. The average Bonchev–Trinajstić information content (AvgIpc) is 2.91. The number of carbonyl (C=O) groups excluding carboxylic acids is 3. The van der Waals surface area contributed by atoms with Gasteiger partial charge < -0.3 is 100 Å². The van der Waals surface area contributed by atoms with Crippen LogP contribution in [0.5, 0.6) is 0 Å². The molecule has 0 aromatic heterocycles. The molecular weight excluding hydrogens is 606 g/mol. The second-order valence-corrected chi connectivity index (χ2v) is 8.31. The Kier molecular flexibility index (Phi) is 25.8. The van der Waals surface area contributed by atoms with E-state index in [1.807, 2.05) is 0 Å². The number of hydrogen-bond acceptors (Lipinski definition) is 20. The molecule has 0 aromatic carbocycles. The number of aliphatic hydroxyl groups is 12. The molecule has 0 amide bonds. The summed E-state index contributed by atoms with van der Waals surface area (Å²) in [6, 6.07) is 0. The Labute approximate surface area is 281 Å². The topological polar surface area (TPSA) is 368 Å². The minimum atomic E-state index is -1.74. The molecular formula is C20H34Na2O20. The van der Waals surface area contributed by atoms with E-state index in [2.05, 4.69) is 0 Å². The number of ether oxygens (including phenoxy) is 3. The van der Waals surface area contributed by atoms with Gasteiger partial charge in [-0.15, -0.1) is 0 Å². The van der Waals surface area contributed by atoms with Crippen molar-refractivity contribution in [3.63, 3.8) is 0 Å². The minimum absolute atomic E-state index is 0. The van der Waals surface area contributed by atoms with Crippen LogP contribution in [0.2, 0.25) is 0 Å². The van der Waals surface area contributed by atoms with Crippen LogP contribution in [0.1, 0.15) is 6.42 Å². The van der Waals surface area contributed by atoms with E-state index >= 15 is 0 Å². The second kappa shape index (κ2) is 23.4. The van der Waals surface area contributed by atoms with Crippen molar-refractivity contribution < 1.29 is 159 Å². The first kappa shape index (κ1) is 46.4. The van der Waals surface area contributed by atoms with Gasteiger partial charge in [0.2, 0.25) is 0 Å². The molecule has 22 heteroatoms. The summed E-state index contributed by atoms with van der Waals surface area (Å²) >= 11 is 0. The summed E-state index contributed by atoms with van der Waals surface area (Å²) in [5.41, 5.74) is 0. The molecule has 2 aliphatic heterocycles. The molecule has 0 saturated carbocycles. The third-order valence-corrected chi connectivity index (χ3v) is 5.34. The number of aliphatic carboxylic acids is 2. The van der Waals surface area contributed by atoms with Gasteiger partial charge in [-0.1, -0.05) is 0 Å². The third-order valence-electron chi connectivity index (χ3n) is 5.34. The maximum absolute atomic E-state index is 9.94. The molecule has 42 heavy (non-hydrogen) atoms. The van der Waals surface area contributed by atoms with Gasteiger partial charge in [0.25, 0.3) is 0 Å². The number of rotatable bonds is 10. The first-order valence-corrected chi connectivity index (χ1v) is 11.3. The van der Waals surface area contributed by atoms with Crippen molar-refractivity contribution >= 4 is 18.2 Å². The van der Waals surface area contributed by atoms with Gasteiger partial charge >= 0.3 is 59.1 Å². The zero-order valence-electron chi connectivity index (χ0n) is 22.5. The summed E-state index contributed by atoms with van der Waals surface area (Å²) in [5, 5.41) is 129. The van der Waals surface area contributed by atoms with Crippen LogP contribution in [0.15, 0.2) is 0 Å². The fourth-order valence-electron chi connectivity index (χ4n) is 3.10. The fourth-order valence-corrected chi connectivity index (χ4v) is 3.10. The van der Waals surface area contributed by atoms with Crippen LogP contribution in [0.25, 0.3) is 0 Å². The summed E-state index contributed by atoms with van der Waals surface area (Å²) in [6.07, 6.45) is -21.2. The Morgan fingerprint density at radius 1 is 0.762 bits per heavy atom. The first-order chi connectivity index (χ1) is 18.6. The van der Waals surface area contributed by atoms with E-state index in [9.17, 15) is 60.3 Å². The Morgan fingerprint density at radius 3 is 1.64 bits per heavy atom. The van der Waals surface area contributed by atoms with E-state index in [0.29, 0.717) is 0 Å². The summed E-state index contributed by atoms with van der Waals surface area (Å²) in [7, 11) is 0. The van der Waals surface area contributed by atoms with Gasteiger partial charge in [0, 0.05) is 18.4 Å². The van der Waals surface area contributed by atoms with Gasteiger partial charge in [0.1, 0.15) is 67.1 Å². The normalized spacial score (nSPS) is 34.3. The van der Waals surface area contributed by atoms with Crippen molar-refractivity contribution in [3.05, 3.63) is 0 Å². The monoisotopic (exact) mass is 640 g/mol. The van der Waals surface area contributed by atoms with Gasteiger partial charge in [0.05, 0.1) is 19.8 Å². The van der Waals surface area contributed by atoms with Gasteiger partial charge in [-0.25, -0.2) is 0 Å². The zero-order valence-corrected chi connectivity index (χ0v) is 26.5. The van der Waals surface area contributed by atoms with Crippen LogP contribution in [0.4, 0.5) is 0 Å². The summed E-state index contributed by atoms with van der Waals surface area (Å²) < 4.78 is 15.3. The smallest absolute Gasteiger partial charge is 0.550 e. The van der Waals surface area contributed by atoms with E-state index < -0.39 is 118 Å². The third kappa shape index (κ3) is 14.9. The molecule has 20 nitrogen and oxygen atoms in total. The molecule has 1 unspecified atom stereocenters.